The van der Waals surface area contributed by atoms with Crippen molar-refractivity contribution in [2.24, 2.45) is 0 Å². The average molecular weight is 525 g/mol. The van der Waals surface area contributed by atoms with Gasteiger partial charge in [-0.1, -0.05) is 12.1 Å². The molecule has 6 heterocycles. The summed E-state index contributed by atoms with van der Waals surface area (Å²) in [6.07, 6.45) is 4.79. The van der Waals surface area contributed by atoms with Crippen molar-refractivity contribution in [3.8, 4) is 17.1 Å². The highest BCUT2D eigenvalue weighted by Gasteiger charge is 2.29. The molecular weight excluding hydrogens is 492 g/mol. The van der Waals surface area contributed by atoms with E-state index in [2.05, 4.69) is 57.2 Å². The minimum Gasteiger partial charge on any atom is -0.478 e. The van der Waals surface area contributed by atoms with Crippen molar-refractivity contribution in [2.75, 3.05) is 39.2 Å². The highest BCUT2D eigenvalue weighted by Crippen LogP contribution is 2.38. The molecule has 0 atom stereocenters. The van der Waals surface area contributed by atoms with Gasteiger partial charge in [0, 0.05) is 43.9 Å². The van der Waals surface area contributed by atoms with Gasteiger partial charge in [-0.3, -0.25) is 9.20 Å². The van der Waals surface area contributed by atoms with Crippen LogP contribution in [0.2, 0.25) is 0 Å². The standard InChI is InChI=1S/C30H32N6O3/c1-35(2)17-24-20(18-9-12-38-13-10-18)5-7-26(34-24)33-23-6-4-21(22-15-32-29(37)28(22)23)25-16-31-27-8-3-19-11-14-39-30(19)36(25)27/h3-8,16,18H,9-15,17H2,1-2H3,(H,32,37)(H,33,34). The number of nitrogens with zero attached hydrogens (tertiary/aromatic N) is 4. The molecular formula is C30H32N6O3. The van der Waals surface area contributed by atoms with Crippen molar-refractivity contribution >= 4 is 23.1 Å². The molecule has 200 valence electrons. The quantitative estimate of drug-likeness (QED) is 0.389. The first-order chi connectivity index (χ1) is 19.1. The normalized spacial score (nSPS) is 16.8. The first-order valence-electron chi connectivity index (χ1n) is 13.6. The molecule has 3 aliphatic rings. The molecule has 1 aromatic carbocycles. The third-order valence-corrected chi connectivity index (χ3v) is 7.95. The van der Waals surface area contributed by atoms with Crippen LogP contribution in [-0.4, -0.2) is 59.1 Å². The number of hydrogen-bond acceptors (Lipinski definition) is 7. The third-order valence-electron chi connectivity index (χ3n) is 7.95. The first kappa shape index (κ1) is 24.1. The zero-order chi connectivity index (χ0) is 26.5. The number of anilines is 2. The van der Waals surface area contributed by atoms with Gasteiger partial charge in [0.2, 0.25) is 5.88 Å². The van der Waals surface area contributed by atoms with Crippen molar-refractivity contribution in [2.45, 2.75) is 38.3 Å². The summed E-state index contributed by atoms with van der Waals surface area (Å²) < 4.78 is 13.6. The monoisotopic (exact) mass is 524 g/mol. The summed E-state index contributed by atoms with van der Waals surface area (Å²) in [5.74, 6) is 1.95. The Morgan fingerprint density at radius 1 is 1.10 bits per heavy atom. The van der Waals surface area contributed by atoms with Gasteiger partial charge < -0.3 is 25.0 Å². The lowest BCUT2D eigenvalue weighted by Crippen LogP contribution is -2.19. The zero-order valence-electron chi connectivity index (χ0n) is 22.3. The van der Waals surface area contributed by atoms with Crippen LogP contribution in [0.25, 0.3) is 16.9 Å². The second-order valence-corrected chi connectivity index (χ2v) is 10.8. The van der Waals surface area contributed by atoms with E-state index in [9.17, 15) is 4.79 Å². The number of carbonyl (C=O) groups excluding carboxylic acids is 1. The van der Waals surface area contributed by atoms with Crippen LogP contribution >= 0.6 is 0 Å². The van der Waals surface area contributed by atoms with Crippen molar-refractivity contribution in [3.63, 3.8) is 0 Å². The molecule has 0 spiro atoms. The molecule has 39 heavy (non-hydrogen) atoms. The Hall–Kier alpha value is -3.95. The summed E-state index contributed by atoms with van der Waals surface area (Å²) in [4.78, 5) is 24.9. The van der Waals surface area contributed by atoms with Gasteiger partial charge in [-0.15, -0.1) is 0 Å². The van der Waals surface area contributed by atoms with Crippen LogP contribution in [-0.2, 0) is 24.2 Å². The number of rotatable bonds is 6. The maximum Gasteiger partial charge on any atom is 0.254 e. The molecule has 1 amide bonds. The summed E-state index contributed by atoms with van der Waals surface area (Å²) in [5.41, 5.74) is 8.62. The number of nitrogens with one attached hydrogen (secondary N) is 2. The molecule has 2 N–H and O–H groups in total. The van der Waals surface area contributed by atoms with E-state index in [4.69, 9.17) is 14.5 Å². The molecule has 9 nitrogen and oxygen atoms in total. The minimum absolute atomic E-state index is 0.0861. The molecule has 9 heteroatoms. The van der Waals surface area contributed by atoms with Crippen LogP contribution in [0.15, 0.2) is 42.6 Å². The molecule has 1 fully saturated rings. The number of hydrogen-bond donors (Lipinski definition) is 2. The fourth-order valence-electron chi connectivity index (χ4n) is 6.10. The van der Waals surface area contributed by atoms with Gasteiger partial charge in [-0.2, -0.15) is 0 Å². The molecule has 3 aliphatic heterocycles. The van der Waals surface area contributed by atoms with Crippen LogP contribution in [0, 0.1) is 0 Å². The lowest BCUT2D eigenvalue weighted by molar-refractivity contribution is 0.0849. The van der Waals surface area contributed by atoms with Gasteiger partial charge in [0.25, 0.3) is 5.91 Å². The number of pyridine rings is 2. The fourth-order valence-corrected chi connectivity index (χ4v) is 6.10. The molecule has 0 aliphatic carbocycles. The molecule has 0 radical (unpaired) electrons. The van der Waals surface area contributed by atoms with Crippen LogP contribution in [0.1, 0.15) is 51.5 Å². The predicted octanol–water partition coefficient (Wildman–Crippen LogP) is 4.27. The molecule has 0 saturated carbocycles. The fraction of sp³-hybridized carbons (Fsp3) is 0.367. The summed E-state index contributed by atoms with van der Waals surface area (Å²) in [7, 11) is 4.12. The second kappa shape index (κ2) is 9.66. The molecule has 4 aromatic rings. The van der Waals surface area contributed by atoms with Crippen LogP contribution in [0.5, 0.6) is 5.88 Å². The Balaban J connectivity index is 1.27. The highest BCUT2D eigenvalue weighted by molar-refractivity contribution is 6.06. The SMILES string of the molecule is CN(C)Cc1nc(Nc2ccc(-c3cnc4ccc5c(n34)OCC5)c3c2C(=O)NC3)ccc1C1CCOCC1. The Morgan fingerprint density at radius 3 is 2.82 bits per heavy atom. The van der Waals surface area contributed by atoms with Gasteiger partial charge in [0.15, 0.2) is 0 Å². The maximum absolute atomic E-state index is 13.1. The molecule has 1 saturated heterocycles. The highest BCUT2D eigenvalue weighted by atomic mass is 16.5. The zero-order valence-corrected chi connectivity index (χ0v) is 22.3. The number of aromatic nitrogens is 3. The van der Waals surface area contributed by atoms with E-state index in [1.165, 1.54) is 11.1 Å². The van der Waals surface area contributed by atoms with Gasteiger partial charge in [-0.25, -0.2) is 9.97 Å². The second-order valence-electron chi connectivity index (χ2n) is 10.8. The molecule has 0 bridgehead atoms. The number of imidazole rings is 1. The minimum atomic E-state index is -0.0861. The average Bonchev–Trinajstić information content (AvgIpc) is 3.68. The smallest absolute Gasteiger partial charge is 0.254 e. The van der Waals surface area contributed by atoms with E-state index in [0.29, 0.717) is 24.6 Å². The van der Waals surface area contributed by atoms with Crippen LogP contribution in [0.4, 0.5) is 11.5 Å². The van der Waals surface area contributed by atoms with Crippen LogP contribution < -0.4 is 15.4 Å². The first-order valence-corrected chi connectivity index (χ1v) is 13.6. The number of carbonyl (C=O) groups is 1. The Morgan fingerprint density at radius 2 is 1.97 bits per heavy atom. The van der Waals surface area contributed by atoms with Gasteiger partial charge in [0.1, 0.15) is 11.5 Å². The topological polar surface area (TPSA) is 93.0 Å². The van der Waals surface area contributed by atoms with E-state index >= 15 is 0 Å². The molecule has 7 rings (SSSR count). The Bertz CT molecular complexity index is 1590. The lowest BCUT2D eigenvalue weighted by Gasteiger charge is -2.25. The van der Waals surface area contributed by atoms with Crippen molar-refractivity contribution < 1.29 is 14.3 Å². The summed E-state index contributed by atoms with van der Waals surface area (Å²) in [6, 6.07) is 12.4. The van der Waals surface area contributed by atoms with Crippen LogP contribution in [0.3, 0.4) is 0 Å². The van der Waals surface area contributed by atoms with E-state index in [1.807, 2.05) is 24.4 Å². The van der Waals surface area contributed by atoms with Crippen molar-refractivity contribution in [3.05, 3.63) is 70.5 Å². The molecule has 3 aromatic heterocycles. The number of benzene rings is 1. The number of ether oxygens (including phenoxy) is 2. The van der Waals surface area contributed by atoms with E-state index < -0.39 is 0 Å². The van der Waals surface area contributed by atoms with E-state index in [0.717, 1.165) is 84.6 Å². The van der Waals surface area contributed by atoms with E-state index in [-0.39, 0.29) is 5.91 Å². The Kier molecular flexibility index (Phi) is 5.97. The third kappa shape index (κ3) is 4.22. The number of amides is 1. The van der Waals surface area contributed by atoms with E-state index in [1.54, 1.807) is 0 Å². The number of fused-ring (bicyclic) bond motifs is 4. The predicted molar refractivity (Wildman–Crippen MR) is 149 cm³/mol. The van der Waals surface area contributed by atoms with Gasteiger partial charge >= 0.3 is 0 Å². The van der Waals surface area contributed by atoms with Crippen molar-refractivity contribution in [1.82, 2.24) is 24.6 Å². The summed E-state index contributed by atoms with van der Waals surface area (Å²) >= 11 is 0. The Labute approximate surface area is 227 Å². The lowest BCUT2D eigenvalue weighted by atomic mass is 9.90. The van der Waals surface area contributed by atoms with Gasteiger partial charge in [0.05, 0.1) is 35.4 Å². The largest absolute Gasteiger partial charge is 0.478 e. The summed E-state index contributed by atoms with van der Waals surface area (Å²) in [6.45, 7) is 3.47. The van der Waals surface area contributed by atoms with Gasteiger partial charge in [-0.05, 0) is 68.2 Å². The molecule has 0 unspecified atom stereocenters. The maximum atomic E-state index is 13.1. The van der Waals surface area contributed by atoms with Crippen molar-refractivity contribution in [1.29, 1.82) is 0 Å². The summed E-state index contributed by atoms with van der Waals surface area (Å²) in [5, 5.41) is 6.49.